The molecule has 22 heavy (non-hydrogen) atoms. The summed E-state index contributed by atoms with van der Waals surface area (Å²) in [4.78, 5) is 13.5. The van der Waals surface area contributed by atoms with Crippen LogP contribution < -0.4 is 5.32 Å². The second-order valence-electron chi connectivity index (χ2n) is 6.82. The smallest absolute Gasteiger partial charge is 0.350 e. The number of carbonyl (C=O) groups is 1. The van der Waals surface area contributed by atoms with Gasteiger partial charge in [0, 0.05) is 11.5 Å². The van der Waals surface area contributed by atoms with Crippen LogP contribution in [0, 0.1) is 17.3 Å². The summed E-state index contributed by atoms with van der Waals surface area (Å²) in [5.41, 5.74) is 0.828. The normalized spacial score (nSPS) is 15.8. The summed E-state index contributed by atoms with van der Waals surface area (Å²) in [7, 11) is 1.42. The highest BCUT2D eigenvalue weighted by molar-refractivity contribution is 7.15. The molecule has 1 saturated carbocycles. The first-order valence-electron chi connectivity index (χ1n) is 7.91. The average Bonchev–Trinajstić information content (AvgIpc) is 2.88. The monoisotopic (exact) mass is 319 g/mol. The van der Waals surface area contributed by atoms with E-state index in [1.54, 1.807) is 0 Å². The van der Waals surface area contributed by atoms with Crippen molar-refractivity contribution in [3.05, 3.63) is 15.8 Å². The van der Waals surface area contributed by atoms with Gasteiger partial charge in [-0.3, -0.25) is 0 Å². The second kappa shape index (κ2) is 7.19. The van der Waals surface area contributed by atoms with Gasteiger partial charge in [0.15, 0.2) is 0 Å². The van der Waals surface area contributed by atoms with E-state index in [1.807, 2.05) is 6.07 Å². The van der Waals surface area contributed by atoms with Gasteiger partial charge < -0.3 is 10.1 Å². The van der Waals surface area contributed by atoms with Crippen molar-refractivity contribution >= 4 is 23.0 Å². The highest BCUT2D eigenvalue weighted by atomic mass is 32.1. The molecule has 1 aromatic heterocycles. The molecule has 0 unspecified atom stereocenters. The Hall–Kier alpha value is -1.47. The lowest BCUT2D eigenvalue weighted by atomic mass is 9.95. The Bertz CT molecular complexity index is 580. The lowest BCUT2D eigenvalue weighted by molar-refractivity contribution is 0.0607. The Morgan fingerprint density at radius 1 is 1.32 bits per heavy atom. The molecular formula is C18H25NO2S. The summed E-state index contributed by atoms with van der Waals surface area (Å²) in [6.07, 6.45) is 6.16. The molecule has 1 aliphatic rings. The number of ether oxygens (including phenoxy) is 1. The Morgan fingerprint density at radius 2 is 2.00 bits per heavy atom. The molecule has 1 N–H and O–H groups in total. The molecule has 2 rings (SSSR count). The second-order valence-corrected chi connectivity index (χ2v) is 7.88. The molecule has 120 valence electrons. The third kappa shape index (κ3) is 4.78. The Balaban J connectivity index is 2.23. The summed E-state index contributed by atoms with van der Waals surface area (Å²) in [5.74, 6) is 6.12. The molecular weight excluding hydrogens is 294 g/mol. The van der Waals surface area contributed by atoms with Crippen molar-refractivity contribution in [2.24, 2.45) is 5.41 Å². The summed E-state index contributed by atoms with van der Waals surface area (Å²) >= 11 is 1.41. The number of hydrogen-bond acceptors (Lipinski definition) is 4. The van der Waals surface area contributed by atoms with E-state index < -0.39 is 0 Å². The number of thiophene rings is 1. The average molecular weight is 319 g/mol. The highest BCUT2D eigenvalue weighted by Crippen LogP contribution is 2.31. The minimum absolute atomic E-state index is 0.0492. The molecule has 0 amide bonds. The van der Waals surface area contributed by atoms with Crippen LogP contribution in [0.5, 0.6) is 0 Å². The van der Waals surface area contributed by atoms with Gasteiger partial charge in [0.05, 0.1) is 17.7 Å². The predicted octanol–water partition coefficient (Wildman–Crippen LogP) is 4.68. The van der Waals surface area contributed by atoms with E-state index >= 15 is 0 Å². The quantitative estimate of drug-likeness (QED) is 0.649. The first-order chi connectivity index (χ1) is 10.4. The van der Waals surface area contributed by atoms with Crippen LogP contribution in [-0.2, 0) is 4.74 Å². The van der Waals surface area contributed by atoms with E-state index in [0.717, 1.165) is 10.6 Å². The highest BCUT2D eigenvalue weighted by Gasteiger charge is 2.20. The number of rotatable bonds is 3. The van der Waals surface area contributed by atoms with Crippen LogP contribution in [-0.4, -0.2) is 19.1 Å². The van der Waals surface area contributed by atoms with Crippen molar-refractivity contribution in [2.45, 2.75) is 58.9 Å². The number of hydrogen-bond donors (Lipinski definition) is 1. The molecule has 0 bridgehead atoms. The van der Waals surface area contributed by atoms with Crippen molar-refractivity contribution in [2.75, 3.05) is 12.4 Å². The Kier molecular flexibility index (Phi) is 5.52. The van der Waals surface area contributed by atoms with Crippen LogP contribution >= 0.6 is 11.3 Å². The Labute approximate surface area is 137 Å². The lowest BCUT2D eigenvalue weighted by Crippen LogP contribution is -2.22. The zero-order valence-corrected chi connectivity index (χ0v) is 14.7. The van der Waals surface area contributed by atoms with Gasteiger partial charge in [0.1, 0.15) is 4.88 Å². The third-order valence-corrected chi connectivity index (χ3v) is 4.66. The number of esters is 1. The van der Waals surface area contributed by atoms with E-state index in [4.69, 9.17) is 4.74 Å². The first-order valence-corrected chi connectivity index (χ1v) is 8.72. The van der Waals surface area contributed by atoms with Gasteiger partial charge in [-0.05, 0) is 39.7 Å². The van der Waals surface area contributed by atoms with Crippen molar-refractivity contribution in [1.29, 1.82) is 0 Å². The minimum atomic E-state index is -0.285. The largest absolute Gasteiger partial charge is 0.465 e. The summed E-state index contributed by atoms with van der Waals surface area (Å²) in [6, 6.07) is 2.44. The maximum absolute atomic E-state index is 12.0. The maximum Gasteiger partial charge on any atom is 0.350 e. The number of nitrogens with one attached hydrogen (secondary N) is 1. The van der Waals surface area contributed by atoms with Gasteiger partial charge in [-0.1, -0.05) is 31.1 Å². The van der Waals surface area contributed by atoms with E-state index in [0.29, 0.717) is 10.9 Å². The van der Waals surface area contributed by atoms with Crippen LogP contribution in [0.1, 0.15) is 67.4 Å². The standard InChI is InChI=1S/C18H25NO2S/c1-18(2,3)11-10-14-12-15(16(22-14)17(20)21-4)19-13-8-6-5-7-9-13/h12-13,19H,5-9H2,1-4H3. The molecule has 1 aliphatic carbocycles. The van der Waals surface area contributed by atoms with Crippen molar-refractivity contribution in [3.8, 4) is 11.8 Å². The molecule has 0 saturated heterocycles. The van der Waals surface area contributed by atoms with Gasteiger partial charge in [-0.15, -0.1) is 11.3 Å². The van der Waals surface area contributed by atoms with E-state index in [1.165, 1.54) is 50.6 Å². The van der Waals surface area contributed by atoms with Gasteiger partial charge in [0.25, 0.3) is 0 Å². The molecule has 1 heterocycles. The van der Waals surface area contributed by atoms with Crippen molar-refractivity contribution in [3.63, 3.8) is 0 Å². The molecule has 0 aromatic carbocycles. The molecule has 0 atom stereocenters. The van der Waals surface area contributed by atoms with E-state index in [2.05, 4.69) is 37.9 Å². The number of carbonyl (C=O) groups excluding carboxylic acids is 1. The third-order valence-electron chi connectivity index (χ3n) is 3.63. The minimum Gasteiger partial charge on any atom is -0.465 e. The van der Waals surface area contributed by atoms with Crippen LogP contribution in [0.3, 0.4) is 0 Å². The number of anilines is 1. The summed E-state index contributed by atoms with van der Waals surface area (Å²) < 4.78 is 4.91. The zero-order valence-electron chi connectivity index (χ0n) is 13.9. The number of methoxy groups -OCH3 is 1. The fraction of sp³-hybridized carbons (Fsp3) is 0.611. The van der Waals surface area contributed by atoms with Gasteiger partial charge >= 0.3 is 5.97 Å². The fourth-order valence-electron chi connectivity index (χ4n) is 2.52. The summed E-state index contributed by atoms with van der Waals surface area (Å²) in [5, 5.41) is 3.52. The van der Waals surface area contributed by atoms with Crippen molar-refractivity contribution in [1.82, 2.24) is 0 Å². The molecule has 1 fully saturated rings. The maximum atomic E-state index is 12.0. The van der Waals surface area contributed by atoms with Crippen molar-refractivity contribution < 1.29 is 9.53 Å². The van der Waals surface area contributed by atoms with Crippen LogP contribution in [0.15, 0.2) is 6.07 Å². The fourth-order valence-corrected chi connectivity index (χ4v) is 3.41. The van der Waals surface area contributed by atoms with Gasteiger partial charge in [-0.2, -0.15) is 0 Å². The predicted molar refractivity (Wildman–Crippen MR) is 92.5 cm³/mol. The van der Waals surface area contributed by atoms with Crippen LogP contribution in [0.4, 0.5) is 5.69 Å². The van der Waals surface area contributed by atoms with E-state index in [9.17, 15) is 4.79 Å². The van der Waals surface area contributed by atoms with E-state index in [-0.39, 0.29) is 11.4 Å². The topological polar surface area (TPSA) is 38.3 Å². The molecule has 4 heteroatoms. The van der Waals surface area contributed by atoms with Gasteiger partial charge in [-0.25, -0.2) is 4.79 Å². The lowest BCUT2D eigenvalue weighted by Gasteiger charge is -2.23. The van der Waals surface area contributed by atoms with Crippen LogP contribution in [0.2, 0.25) is 0 Å². The molecule has 1 aromatic rings. The Morgan fingerprint density at radius 3 is 2.59 bits per heavy atom. The SMILES string of the molecule is COC(=O)c1sc(C#CC(C)(C)C)cc1NC1CCCCC1. The zero-order chi connectivity index (χ0) is 16.2. The van der Waals surface area contributed by atoms with Crippen LogP contribution in [0.25, 0.3) is 0 Å². The molecule has 0 aliphatic heterocycles. The first kappa shape index (κ1) is 16.9. The molecule has 0 spiro atoms. The molecule has 0 radical (unpaired) electrons. The van der Waals surface area contributed by atoms with Gasteiger partial charge in [0.2, 0.25) is 0 Å². The summed E-state index contributed by atoms with van der Waals surface area (Å²) in [6.45, 7) is 6.24. The molecule has 3 nitrogen and oxygen atoms in total.